The summed E-state index contributed by atoms with van der Waals surface area (Å²) in [6, 6.07) is 15.0. The number of fused-ring (bicyclic) bond motifs is 1. The Hall–Kier alpha value is -2.73. The summed E-state index contributed by atoms with van der Waals surface area (Å²) in [6.07, 6.45) is 5.30. The quantitative estimate of drug-likeness (QED) is 0.689. The number of amides is 2. The van der Waals surface area contributed by atoms with E-state index >= 15 is 0 Å². The van der Waals surface area contributed by atoms with Crippen LogP contribution in [0.25, 0.3) is 0 Å². The fourth-order valence-electron chi connectivity index (χ4n) is 4.82. The molecule has 2 aromatic rings. The molecule has 2 heterocycles. The molecule has 0 aliphatic carbocycles. The van der Waals surface area contributed by atoms with Crippen molar-refractivity contribution < 1.29 is 19.1 Å². The van der Waals surface area contributed by atoms with Gasteiger partial charge in [0.25, 0.3) is 11.8 Å². The average Bonchev–Trinajstić information content (AvgIpc) is 2.85. The van der Waals surface area contributed by atoms with Crippen molar-refractivity contribution in [2.45, 2.75) is 51.6 Å². The van der Waals surface area contributed by atoms with Crippen LogP contribution in [0, 0.1) is 5.41 Å². The molecular weight excluding hydrogens is 452 g/mol. The Morgan fingerprint density at radius 1 is 1.12 bits per heavy atom. The van der Waals surface area contributed by atoms with Crippen LogP contribution in [-0.4, -0.2) is 49.1 Å². The van der Waals surface area contributed by atoms with Gasteiger partial charge in [0.15, 0.2) is 12.7 Å². The molecule has 2 aliphatic rings. The van der Waals surface area contributed by atoms with Crippen LogP contribution in [0.3, 0.4) is 0 Å². The van der Waals surface area contributed by atoms with Gasteiger partial charge in [0.05, 0.1) is 0 Å². The minimum atomic E-state index is -0.552. The first-order chi connectivity index (χ1) is 16.4. The summed E-state index contributed by atoms with van der Waals surface area (Å²) in [5.41, 5.74) is 1.15. The number of rotatable bonds is 3. The smallest absolute Gasteiger partial charge is 0.260 e. The number of carbonyl (C=O) groups is 2. The minimum absolute atomic E-state index is 0.00190. The molecule has 1 saturated heterocycles. The van der Waals surface area contributed by atoms with Crippen LogP contribution < -0.4 is 14.8 Å². The number of hydrogen-bond acceptors (Lipinski definition) is 4. The SMILES string of the molecule is C[C@H]1Oc2ccccc2CCCCC2(CCN(C(=O)COc3ccc(Cl)cc3)CC2)CNC1=O. The normalized spacial score (nSPS) is 20.8. The van der Waals surface area contributed by atoms with Gasteiger partial charge in [-0.25, -0.2) is 0 Å². The molecule has 0 unspecified atom stereocenters. The van der Waals surface area contributed by atoms with E-state index in [9.17, 15) is 9.59 Å². The van der Waals surface area contributed by atoms with Crippen LogP contribution in [0.2, 0.25) is 5.02 Å². The van der Waals surface area contributed by atoms with E-state index in [0.717, 1.165) is 49.8 Å². The van der Waals surface area contributed by atoms with Gasteiger partial charge < -0.3 is 19.7 Å². The molecule has 0 radical (unpaired) electrons. The predicted octanol–water partition coefficient (Wildman–Crippen LogP) is 4.64. The first kappa shape index (κ1) is 24.4. The number of aryl methyl sites for hydroxylation is 1. The van der Waals surface area contributed by atoms with Crippen molar-refractivity contribution in [1.29, 1.82) is 0 Å². The molecular formula is C27H33ClN2O4. The second-order valence-corrected chi connectivity index (χ2v) is 9.85. The highest BCUT2D eigenvalue weighted by Crippen LogP contribution is 2.37. The van der Waals surface area contributed by atoms with E-state index in [1.807, 2.05) is 23.1 Å². The molecule has 0 bridgehead atoms. The lowest BCUT2D eigenvalue weighted by molar-refractivity contribution is -0.136. The second-order valence-electron chi connectivity index (χ2n) is 9.42. The molecule has 4 rings (SSSR count). The standard InChI is InChI=1S/C27H33ClN2O4/c1-20-26(32)29-19-27(13-5-4-7-21-6-2-3-8-24(21)34-20)14-16-30(17-15-27)25(31)18-33-23-11-9-22(28)10-12-23/h2-3,6,8-12,20H,4-5,7,13-19H2,1H3,(H,29,32)/t20-/m1/s1. The van der Waals surface area contributed by atoms with Gasteiger partial charge in [0.1, 0.15) is 11.5 Å². The van der Waals surface area contributed by atoms with E-state index in [1.54, 1.807) is 31.2 Å². The van der Waals surface area contributed by atoms with Crippen LogP contribution in [0.4, 0.5) is 0 Å². The summed E-state index contributed by atoms with van der Waals surface area (Å²) in [4.78, 5) is 27.3. The van der Waals surface area contributed by atoms with E-state index in [-0.39, 0.29) is 23.8 Å². The Bertz CT molecular complexity index is 986. The molecule has 6 nitrogen and oxygen atoms in total. The Kier molecular flexibility index (Phi) is 7.99. The molecule has 182 valence electrons. The molecule has 34 heavy (non-hydrogen) atoms. The van der Waals surface area contributed by atoms with E-state index in [4.69, 9.17) is 21.1 Å². The zero-order valence-corrected chi connectivity index (χ0v) is 20.5. The van der Waals surface area contributed by atoms with Crippen LogP contribution in [0.1, 0.15) is 44.6 Å². The number of hydrogen-bond donors (Lipinski definition) is 1. The summed E-state index contributed by atoms with van der Waals surface area (Å²) < 4.78 is 11.6. The highest BCUT2D eigenvalue weighted by atomic mass is 35.5. The number of halogens is 1. The molecule has 2 aliphatic heterocycles. The van der Waals surface area contributed by atoms with Gasteiger partial charge in [-0.1, -0.05) is 36.2 Å². The number of benzene rings is 2. The molecule has 2 aromatic carbocycles. The summed E-state index contributed by atoms with van der Waals surface area (Å²) in [6.45, 7) is 3.78. The molecule has 1 fully saturated rings. The van der Waals surface area contributed by atoms with Gasteiger partial charge in [0, 0.05) is 24.7 Å². The topological polar surface area (TPSA) is 67.9 Å². The van der Waals surface area contributed by atoms with Gasteiger partial charge in [-0.2, -0.15) is 0 Å². The molecule has 1 spiro atoms. The fraction of sp³-hybridized carbons (Fsp3) is 0.481. The highest BCUT2D eigenvalue weighted by molar-refractivity contribution is 6.30. The van der Waals surface area contributed by atoms with Crippen molar-refractivity contribution in [1.82, 2.24) is 10.2 Å². The van der Waals surface area contributed by atoms with Crippen molar-refractivity contribution in [2.75, 3.05) is 26.2 Å². The van der Waals surface area contributed by atoms with E-state index in [2.05, 4.69) is 11.4 Å². The minimum Gasteiger partial charge on any atom is -0.484 e. The fourth-order valence-corrected chi connectivity index (χ4v) is 4.94. The van der Waals surface area contributed by atoms with Crippen LogP contribution in [-0.2, 0) is 16.0 Å². The molecule has 1 atom stereocenters. The first-order valence-corrected chi connectivity index (χ1v) is 12.5. The van der Waals surface area contributed by atoms with Gasteiger partial charge in [-0.3, -0.25) is 9.59 Å². The molecule has 7 heteroatoms. The number of para-hydroxylation sites is 1. The number of ether oxygens (including phenoxy) is 2. The Morgan fingerprint density at radius 2 is 1.85 bits per heavy atom. The Labute approximate surface area is 206 Å². The van der Waals surface area contributed by atoms with E-state index in [1.165, 1.54) is 0 Å². The maximum absolute atomic E-state index is 12.8. The van der Waals surface area contributed by atoms with Crippen molar-refractivity contribution in [3.8, 4) is 11.5 Å². The highest BCUT2D eigenvalue weighted by Gasteiger charge is 2.36. The third-order valence-electron chi connectivity index (χ3n) is 7.04. The van der Waals surface area contributed by atoms with Crippen molar-refractivity contribution in [2.24, 2.45) is 5.41 Å². The number of piperidine rings is 1. The molecule has 1 N–H and O–H groups in total. The third kappa shape index (κ3) is 6.23. The lowest BCUT2D eigenvalue weighted by Gasteiger charge is -2.42. The van der Waals surface area contributed by atoms with E-state index < -0.39 is 6.10 Å². The van der Waals surface area contributed by atoms with Crippen LogP contribution in [0.5, 0.6) is 11.5 Å². The number of likely N-dealkylation sites (tertiary alicyclic amines) is 1. The van der Waals surface area contributed by atoms with Crippen molar-refractivity contribution in [3.63, 3.8) is 0 Å². The van der Waals surface area contributed by atoms with Gasteiger partial charge in [0.2, 0.25) is 0 Å². The Balaban J connectivity index is 1.34. The Morgan fingerprint density at radius 3 is 2.62 bits per heavy atom. The second kappa shape index (κ2) is 11.1. The summed E-state index contributed by atoms with van der Waals surface area (Å²) >= 11 is 5.90. The monoisotopic (exact) mass is 484 g/mol. The predicted molar refractivity (Wildman–Crippen MR) is 132 cm³/mol. The number of carbonyl (C=O) groups excluding carboxylic acids is 2. The zero-order valence-electron chi connectivity index (χ0n) is 19.7. The maximum atomic E-state index is 12.8. The molecule has 2 amide bonds. The largest absolute Gasteiger partial charge is 0.484 e. The van der Waals surface area contributed by atoms with Crippen molar-refractivity contribution >= 4 is 23.4 Å². The first-order valence-electron chi connectivity index (χ1n) is 12.1. The van der Waals surface area contributed by atoms with E-state index in [0.29, 0.717) is 30.4 Å². The zero-order chi connectivity index (χ0) is 24.0. The molecule has 0 aromatic heterocycles. The lowest BCUT2D eigenvalue weighted by Crippen LogP contribution is -2.50. The van der Waals surface area contributed by atoms with Crippen LogP contribution in [0.15, 0.2) is 48.5 Å². The summed E-state index contributed by atoms with van der Waals surface area (Å²) in [7, 11) is 0. The average molecular weight is 485 g/mol. The summed E-state index contributed by atoms with van der Waals surface area (Å²) in [5.74, 6) is 1.32. The lowest BCUT2D eigenvalue weighted by atomic mass is 9.74. The van der Waals surface area contributed by atoms with Gasteiger partial charge in [-0.05, 0) is 80.3 Å². The van der Waals surface area contributed by atoms with Crippen LogP contribution >= 0.6 is 11.6 Å². The summed E-state index contributed by atoms with van der Waals surface area (Å²) in [5, 5.41) is 3.77. The number of nitrogens with one attached hydrogen (secondary N) is 1. The molecule has 0 saturated carbocycles. The third-order valence-corrected chi connectivity index (χ3v) is 7.29. The van der Waals surface area contributed by atoms with Crippen molar-refractivity contribution in [3.05, 3.63) is 59.1 Å². The van der Waals surface area contributed by atoms with Gasteiger partial charge >= 0.3 is 0 Å². The number of nitrogens with zero attached hydrogens (tertiary/aromatic N) is 1. The van der Waals surface area contributed by atoms with Gasteiger partial charge in [-0.15, -0.1) is 0 Å². The maximum Gasteiger partial charge on any atom is 0.260 e.